The Balaban J connectivity index is 1.86. The van der Waals surface area contributed by atoms with E-state index >= 15 is 0 Å². The molecule has 2 aliphatic heterocycles. The van der Waals surface area contributed by atoms with Gasteiger partial charge in [0.25, 0.3) is 0 Å². The molecule has 0 aromatic carbocycles. The topological polar surface area (TPSA) is 64.6 Å². The molecule has 15 heavy (non-hydrogen) atoms. The van der Waals surface area contributed by atoms with E-state index in [1.807, 2.05) is 0 Å². The predicted octanol–water partition coefficient (Wildman–Crippen LogP) is 0.0229. The van der Waals surface area contributed by atoms with Crippen LogP contribution >= 0.6 is 11.8 Å². The van der Waals surface area contributed by atoms with Crippen molar-refractivity contribution in [2.24, 2.45) is 0 Å². The molecule has 6 heteroatoms. The molecular formula is C9H11NO4S. The number of ether oxygens (including phenoxy) is 2. The Kier molecular flexibility index (Phi) is 2.86. The van der Waals surface area contributed by atoms with Gasteiger partial charge in [-0.3, -0.25) is 4.79 Å². The van der Waals surface area contributed by atoms with Crippen LogP contribution in [0.15, 0.2) is 11.3 Å². The van der Waals surface area contributed by atoms with Crippen molar-refractivity contribution in [3.8, 4) is 0 Å². The fourth-order valence-electron chi connectivity index (χ4n) is 1.39. The summed E-state index contributed by atoms with van der Waals surface area (Å²) in [7, 11) is 1.46. The largest absolute Gasteiger partial charge is 0.490 e. The molecule has 5 nitrogen and oxygen atoms in total. The number of amides is 1. The van der Waals surface area contributed by atoms with Crippen molar-refractivity contribution in [2.75, 3.05) is 19.5 Å². The van der Waals surface area contributed by atoms with Crippen molar-refractivity contribution in [2.45, 2.75) is 11.8 Å². The van der Waals surface area contributed by atoms with Crippen LogP contribution in [0, 0.1) is 0 Å². The minimum absolute atomic E-state index is 0.0761. The predicted molar refractivity (Wildman–Crippen MR) is 54.0 cm³/mol. The summed E-state index contributed by atoms with van der Waals surface area (Å²) in [6.45, 7) is 0.301. The van der Waals surface area contributed by atoms with Crippen LogP contribution in [0.1, 0.15) is 6.42 Å². The van der Waals surface area contributed by atoms with Gasteiger partial charge in [0.1, 0.15) is 6.61 Å². The molecule has 0 bridgehead atoms. The van der Waals surface area contributed by atoms with Crippen molar-refractivity contribution in [3.05, 3.63) is 11.3 Å². The zero-order valence-electron chi connectivity index (χ0n) is 8.24. The molecule has 1 saturated heterocycles. The number of carbonyl (C=O) groups excluding carboxylic acids is 2. The Labute approximate surface area is 91.2 Å². The molecule has 82 valence electrons. The highest BCUT2D eigenvalue weighted by atomic mass is 32.2. The number of β-lactam (4-membered cyclic amide) rings is 1. The van der Waals surface area contributed by atoms with Crippen LogP contribution in [0.5, 0.6) is 0 Å². The van der Waals surface area contributed by atoms with Crippen LogP contribution in [0.4, 0.5) is 0 Å². The number of cyclic esters (lactones) is 1. The quantitative estimate of drug-likeness (QED) is 0.544. The standard InChI is InChI=1S/C9H11NO4S/c1-13-8-5(3-14-9(8)12)4-15-7-2-6(11)10-7/h7H,2-4H2,1H3,(H,10,11). The zero-order valence-corrected chi connectivity index (χ0v) is 9.06. The first-order chi connectivity index (χ1) is 7.20. The molecule has 2 rings (SSSR count). The second-order valence-corrected chi connectivity index (χ2v) is 4.48. The van der Waals surface area contributed by atoms with Gasteiger partial charge in [0, 0.05) is 11.3 Å². The van der Waals surface area contributed by atoms with Crippen molar-refractivity contribution in [3.63, 3.8) is 0 Å². The fourth-order valence-corrected chi connectivity index (χ4v) is 2.49. The Hall–Kier alpha value is -1.17. The van der Waals surface area contributed by atoms with Crippen LogP contribution in [0.3, 0.4) is 0 Å². The zero-order chi connectivity index (χ0) is 10.8. The fraction of sp³-hybridized carbons (Fsp3) is 0.556. The van der Waals surface area contributed by atoms with Crippen molar-refractivity contribution in [1.82, 2.24) is 5.32 Å². The molecule has 0 spiro atoms. The monoisotopic (exact) mass is 229 g/mol. The minimum atomic E-state index is -0.397. The summed E-state index contributed by atoms with van der Waals surface area (Å²) in [5.74, 6) is 0.644. The molecule has 2 heterocycles. The molecule has 0 aromatic heterocycles. The van der Waals surface area contributed by atoms with Crippen molar-refractivity contribution < 1.29 is 19.1 Å². The molecule has 0 aromatic rings. The molecule has 1 atom stereocenters. The van der Waals surface area contributed by atoms with Gasteiger partial charge in [-0.05, 0) is 0 Å². The van der Waals surface area contributed by atoms with E-state index < -0.39 is 5.97 Å². The molecule has 1 N–H and O–H groups in total. The van der Waals surface area contributed by atoms with Gasteiger partial charge in [0.2, 0.25) is 11.7 Å². The normalized spacial score (nSPS) is 24.7. The van der Waals surface area contributed by atoms with E-state index in [9.17, 15) is 9.59 Å². The van der Waals surface area contributed by atoms with E-state index in [1.54, 1.807) is 11.8 Å². The average Bonchev–Trinajstić information content (AvgIpc) is 2.52. The molecule has 1 amide bonds. The van der Waals surface area contributed by atoms with Gasteiger partial charge in [0.05, 0.1) is 18.9 Å². The second kappa shape index (κ2) is 4.14. The second-order valence-electron chi connectivity index (χ2n) is 3.28. The van der Waals surface area contributed by atoms with E-state index in [1.165, 1.54) is 7.11 Å². The first-order valence-electron chi connectivity index (χ1n) is 4.55. The summed E-state index contributed by atoms with van der Waals surface area (Å²) in [5, 5.41) is 2.91. The number of rotatable bonds is 4. The SMILES string of the molecule is COC1=C(CSC2CC(=O)N2)COC1=O. The highest BCUT2D eigenvalue weighted by molar-refractivity contribution is 8.00. The van der Waals surface area contributed by atoms with Gasteiger partial charge in [-0.15, -0.1) is 11.8 Å². The smallest absolute Gasteiger partial charge is 0.374 e. The van der Waals surface area contributed by atoms with Crippen molar-refractivity contribution >= 4 is 23.6 Å². The molecule has 1 unspecified atom stereocenters. The lowest BCUT2D eigenvalue weighted by atomic mass is 10.3. The molecule has 2 aliphatic rings. The number of carbonyl (C=O) groups is 2. The van der Waals surface area contributed by atoms with Gasteiger partial charge < -0.3 is 14.8 Å². The van der Waals surface area contributed by atoms with Crippen LogP contribution in [-0.2, 0) is 19.1 Å². The lowest BCUT2D eigenvalue weighted by Gasteiger charge is -2.26. The number of hydrogen-bond acceptors (Lipinski definition) is 5. The maximum atomic E-state index is 11.1. The maximum absolute atomic E-state index is 11.1. The number of thioether (sulfide) groups is 1. The summed E-state index contributed by atoms with van der Waals surface area (Å²) in [6.07, 6.45) is 0.551. The lowest BCUT2D eigenvalue weighted by molar-refractivity contribution is -0.138. The number of nitrogens with one attached hydrogen (secondary N) is 1. The van der Waals surface area contributed by atoms with Crippen LogP contribution in [-0.4, -0.2) is 36.7 Å². The van der Waals surface area contributed by atoms with Gasteiger partial charge in [-0.2, -0.15) is 0 Å². The van der Waals surface area contributed by atoms with Crippen LogP contribution in [0.25, 0.3) is 0 Å². The summed E-state index contributed by atoms with van der Waals surface area (Å²) >= 11 is 1.58. The summed E-state index contributed by atoms with van der Waals surface area (Å²) in [4.78, 5) is 21.8. The van der Waals surface area contributed by atoms with E-state index in [2.05, 4.69) is 5.32 Å². The molecule has 0 aliphatic carbocycles. The Morgan fingerprint density at radius 2 is 2.33 bits per heavy atom. The Bertz CT molecular complexity index is 331. The van der Waals surface area contributed by atoms with E-state index in [4.69, 9.17) is 9.47 Å². The molecule has 1 fully saturated rings. The van der Waals surface area contributed by atoms with Crippen LogP contribution in [0.2, 0.25) is 0 Å². The van der Waals surface area contributed by atoms with Gasteiger partial charge in [-0.25, -0.2) is 4.79 Å². The third-order valence-corrected chi connectivity index (χ3v) is 3.44. The first-order valence-corrected chi connectivity index (χ1v) is 5.59. The van der Waals surface area contributed by atoms with Gasteiger partial charge in [0.15, 0.2) is 0 Å². The Morgan fingerprint density at radius 1 is 1.60 bits per heavy atom. The third-order valence-electron chi connectivity index (χ3n) is 2.24. The maximum Gasteiger partial charge on any atom is 0.374 e. The van der Waals surface area contributed by atoms with Crippen LogP contribution < -0.4 is 5.32 Å². The number of esters is 1. The molecule has 0 saturated carbocycles. The average molecular weight is 229 g/mol. The van der Waals surface area contributed by atoms with E-state index in [0.717, 1.165) is 5.57 Å². The summed E-state index contributed by atoms with van der Waals surface area (Å²) in [6, 6.07) is 0. The summed E-state index contributed by atoms with van der Waals surface area (Å²) in [5.41, 5.74) is 0.855. The highest BCUT2D eigenvalue weighted by Crippen LogP contribution is 2.25. The van der Waals surface area contributed by atoms with Crippen molar-refractivity contribution in [1.29, 1.82) is 0 Å². The third kappa shape index (κ3) is 2.09. The highest BCUT2D eigenvalue weighted by Gasteiger charge is 2.29. The molecule has 0 radical (unpaired) electrons. The van der Waals surface area contributed by atoms with Gasteiger partial charge >= 0.3 is 5.97 Å². The van der Waals surface area contributed by atoms with E-state index in [-0.39, 0.29) is 11.3 Å². The minimum Gasteiger partial charge on any atom is -0.490 e. The number of hydrogen-bond donors (Lipinski definition) is 1. The van der Waals surface area contributed by atoms with E-state index in [0.29, 0.717) is 24.5 Å². The first kappa shape index (κ1) is 10.4. The van der Waals surface area contributed by atoms with Gasteiger partial charge in [-0.1, -0.05) is 0 Å². The molecular weight excluding hydrogens is 218 g/mol. The summed E-state index contributed by atoms with van der Waals surface area (Å²) < 4.78 is 9.78. The number of methoxy groups -OCH3 is 1. The Morgan fingerprint density at radius 3 is 2.93 bits per heavy atom. The lowest BCUT2D eigenvalue weighted by Crippen LogP contribution is -2.46.